The summed E-state index contributed by atoms with van der Waals surface area (Å²) in [6.45, 7) is 4.11. The molecule has 0 heterocycles. The van der Waals surface area contributed by atoms with Gasteiger partial charge in [0.15, 0.2) is 11.5 Å². The van der Waals surface area contributed by atoms with Crippen molar-refractivity contribution in [3.63, 3.8) is 0 Å². The molecule has 4 nitrogen and oxygen atoms in total. The number of ether oxygens (including phenoxy) is 2. The van der Waals surface area contributed by atoms with Crippen LogP contribution in [0.5, 0.6) is 11.5 Å². The van der Waals surface area contributed by atoms with Crippen molar-refractivity contribution in [1.29, 1.82) is 0 Å². The van der Waals surface area contributed by atoms with Gasteiger partial charge in [-0.1, -0.05) is 15.9 Å². The quantitative estimate of drug-likeness (QED) is 0.802. The van der Waals surface area contributed by atoms with E-state index in [9.17, 15) is 0 Å². The summed E-state index contributed by atoms with van der Waals surface area (Å²) in [6, 6.07) is 7.72. The Kier molecular flexibility index (Phi) is 4.63. The third-order valence-corrected chi connectivity index (χ3v) is 3.77. The van der Waals surface area contributed by atoms with Crippen LogP contribution in [0, 0.1) is 13.8 Å². The second-order valence-corrected chi connectivity index (χ2v) is 5.75. The number of aryl methyl sites for hydroxylation is 2. The van der Waals surface area contributed by atoms with Gasteiger partial charge in [-0.3, -0.25) is 0 Å². The lowest BCUT2D eigenvalue weighted by Gasteiger charge is -2.17. The molecule has 0 saturated heterocycles. The van der Waals surface area contributed by atoms with Gasteiger partial charge in [0.2, 0.25) is 0 Å². The molecule has 112 valence electrons. The average Bonchev–Trinajstić information content (AvgIpc) is 2.43. The third-order valence-electron chi connectivity index (χ3n) is 3.31. The van der Waals surface area contributed by atoms with Crippen molar-refractivity contribution in [2.45, 2.75) is 13.8 Å². The molecule has 0 unspecified atom stereocenters. The van der Waals surface area contributed by atoms with Gasteiger partial charge >= 0.3 is 0 Å². The van der Waals surface area contributed by atoms with Crippen LogP contribution in [0.1, 0.15) is 11.1 Å². The van der Waals surface area contributed by atoms with Crippen molar-refractivity contribution in [2.75, 3.05) is 25.3 Å². The number of nitrogens with two attached hydrogens (primary N) is 1. The summed E-state index contributed by atoms with van der Waals surface area (Å²) in [7, 11) is 3.20. The highest BCUT2D eigenvalue weighted by Gasteiger charge is 2.11. The Labute approximate surface area is 133 Å². The zero-order chi connectivity index (χ0) is 15.6. The molecule has 0 radical (unpaired) electrons. The second kappa shape index (κ2) is 6.26. The van der Waals surface area contributed by atoms with Crippen LogP contribution in [0.2, 0.25) is 0 Å². The van der Waals surface area contributed by atoms with Crippen LogP contribution in [0.4, 0.5) is 17.1 Å². The van der Waals surface area contributed by atoms with E-state index in [2.05, 4.69) is 47.2 Å². The smallest absolute Gasteiger partial charge is 0.162 e. The summed E-state index contributed by atoms with van der Waals surface area (Å²) < 4.78 is 11.6. The first-order valence-electron chi connectivity index (χ1n) is 6.51. The summed E-state index contributed by atoms with van der Waals surface area (Å²) in [5, 5.41) is 3.38. The SMILES string of the molecule is COc1cc(N)c(Nc2c(C)cc(Br)cc2C)cc1OC. The van der Waals surface area contributed by atoms with E-state index in [4.69, 9.17) is 15.2 Å². The zero-order valence-corrected chi connectivity index (χ0v) is 14.2. The maximum Gasteiger partial charge on any atom is 0.162 e. The van der Waals surface area contributed by atoms with Gasteiger partial charge in [0.1, 0.15) is 0 Å². The Bertz CT molecular complexity index is 649. The Hall–Kier alpha value is -1.88. The van der Waals surface area contributed by atoms with Crippen LogP contribution in [0.15, 0.2) is 28.7 Å². The first-order chi connectivity index (χ1) is 9.96. The van der Waals surface area contributed by atoms with Crippen LogP contribution in [-0.2, 0) is 0 Å². The molecular formula is C16H19BrN2O2. The molecule has 21 heavy (non-hydrogen) atoms. The van der Waals surface area contributed by atoms with Crippen LogP contribution in [0.3, 0.4) is 0 Å². The van der Waals surface area contributed by atoms with Crippen LogP contribution < -0.4 is 20.5 Å². The molecule has 0 aromatic heterocycles. The van der Waals surface area contributed by atoms with Crippen LogP contribution in [-0.4, -0.2) is 14.2 Å². The molecule has 0 amide bonds. The van der Waals surface area contributed by atoms with Gasteiger partial charge < -0.3 is 20.5 Å². The molecule has 2 rings (SSSR count). The zero-order valence-electron chi connectivity index (χ0n) is 12.6. The molecule has 0 aliphatic heterocycles. The predicted octanol–water partition coefficient (Wildman–Crippen LogP) is 4.41. The van der Waals surface area contributed by atoms with Gasteiger partial charge in [-0.15, -0.1) is 0 Å². The third kappa shape index (κ3) is 3.24. The maximum absolute atomic E-state index is 6.09. The Morgan fingerprint density at radius 1 is 0.952 bits per heavy atom. The summed E-state index contributed by atoms with van der Waals surface area (Å²) in [5.74, 6) is 1.26. The Morgan fingerprint density at radius 3 is 2.00 bits per heavy atom. The lowest BCUT2D eigenvalue weighted by molar-refractivity contribution is 0.355. The lowest BCUT2D eigenvalue weighted by Crippen LogP contribution is -2.02. The molecule has 3 N–H and O–H groups in total. The maximum atomic E-state index is 6.09. The summed E-state index contributed by atoms with van der Waals surface area (Å²) >= 11 is 3.50. The van der Waals surface area contributed by atoms with Crippen molar-refractivity contribution >= 4 is 33.0 Å². The van der Waals surface area contributed by atoms with Crippen LogP contribution in [0.25, 0.3) is 0 Å². The van der Waals surface area contributed by atoms with Crippen molar-refractivity contribution in [1.82, 2.24) is 0 Å². The number of nitrogens with one attached hydrogen (secondary N) is 1. The number of anilines is 3. The first kappa shape index (κ1) is 15.5. The largest absolute Gasteiger partial charge is 0.493 e. The summed E-state index contributed by atoms with van der Waals surface area (Å²) in [6.07, 6.45) is 0. The molecular weight excluding hydrogens is 332 g/mol. The highest BCUT2D eigenvalue weighted by Crippen LogP contribution is 2.37. The van der Waals surface area contributed by atoms with Gasteiger partial charge in [0.05, 0.1) is 25.6 Å². The predicted molar refractivity (Wildman–Crippen MR) is 90.9 cm³/mol. The molecule has 0 aliphatic rings. The van der Waals surface area contributed by atoms with Gasteiger partial charge in [-0.2, -0.15) is 0 Å². The van der Waals surface area contributed by atoms with Crippen molar-refractivity contribution in [3.8, 4) is 11.5 Å². The van der Waals surface area contributed by atoms with E-state index in [1.165, 1.54) is 0 Å². The molecule has 0 atom stereocenters. The normalized spacial score (nSPS) is 10.3. The summed E-state index contributed by atoms with van der Waals surface area (Å²) in [4.78, 5) is 0. The minimum atomic E-state index is 0.606. The Balaban J connectivity index is 2.45. The minimum Gasteiger partial charge on any atom is -0.493 e. The number of hydrogen-bond acceptors (Lipinski definition) is 4. The van der Waals surface area contributed by atoms with E-state index in [-0.39, 0.29) is 0 Å². The standard InChI is InChI=1S/C16H19BrN2O2/c1-9-5-11(17)6-10(2)16(9)19-13-8-15(21-4)14(20-3)7-12(13)18/h5-8,19H,18H2,1-4H3. The van der Waals surface area contributed by atoms with Gasteiger partial charge in [-0.25, -0.2) is 0 Å². The van der Waals surface area contributed by atoms with Gasteiger partial charge in [-0.05, 0) is 37.1 Å². The van der Waals surface area contributed by atoms with E-state index in [0.717, 1.165) is 27.0 Å². The highest BCUT2D eigenvalue weighted by atomic mass is 79.9. The van der Waals surface area contributed by atoms with E-state index in [1.54, 1.807) is 20.3 Å². The summed E-state index contributed by atoms with van der Waals surface area (Å²) in [5.41, 5.74) is 10.8. The first-order valence-corrected chi connectivity index (χ1v) is 7.30. The van der Waals surface area contributed by atoms with E-state index >= 15 is 0 Å². The number of methoxy groups -OCH3 is 2. The number of benzene rings is 2. The van der Waals surface area contributed by atoms with Crippen molar-refractivity contribution in [2.24, 2.45) is 0 Å². The lowest BCUT2D eigenvalue weighted by atomic mass is 10.1. The minimum absolute atomic E-state index is 0.606. The van der Waals surface area contributed by atoms with Gasteiger partial charge in [0.25, 0.3) is 0 Å². The molecule has 0 spiro atoms. The van der Waals surface area contributed by atoms with Gasteiger partial charge in [0, 0.05) is 22.3 Å². The topological polar surface area (TPSA) is 56.5 Å². The number of halogens is 1. The van der Waals surface area contributed by atoms with E-state index in [1.807, 2.05) is 6.07 Å². The van der Waals surface area contributed by atoms with E-state index < -0.39 is 0 Å². The number of rotatable bonds is 4. The number of nitrogen functional groups attached to an aromatic ring is 1. The van der Waals surface area contributed by atoms with Crippen molar-refractivity contribution in [3.05, 3.63) is 39.9 Å². The van der Waals surface area contributed by atoms with Crippen molar-refractivity contribution < 1.29 is 9.47 Å². The Morgan fingerprint density at radius 2 is 1.48 bits per heavy atom. The monoisotopic (exact) mass is 350 g/mol. The second-order valence-electron chi connectivity index (χ2n) is 4.83. The molecule has 2 aromatic carbocycles. The molecule has 2 aromatic rings. The molecule has 0 bridgehead atoms. The fourth-order valence-corrected chi connectivity index (χ4v) is 2.93. The highest BCUT2D eigenvalue weighted by molar-refractivity contribution is 9.10. The molecule has 0 saturated carbocycles. The molecule has 0 aliphatic carbocycles. The van der Waals surface area contributed by atoms with E-state index in [0.29, 0.717) is 17.2 Å². The number of hydrogen-bond donors (Lipinski definition) is 2. The van der Waals surface area contributed by atoms with Crippen LogP contribution >= 0.6 is 15.9 Å². The fraction of sp³-hybridized carbons (Fsp3) is 0.250. The molecule has 0 fully saturated rings. The molecule has 5 heteroatoms. The fourth-order valence-electron chi connectivity index (χ4n) is 2.25. The average molecular weight is 351 g/mol.